The molecule has 0 unspecified atom stereocenters. The molecule has 0 aliphatic rings. The summed E-state index contributed by atoms with van der Waals surface area (Å²) < 4.78 is 7.46. The first-order valence-corrected chi connectivity index (χ1v) is 5.84. The maximum atomic E-state index is 5.35. The van der Waals surface area contributed by atoms with Gasteiger partial charge in [0.1, 0.15) is 11.4 Å². The Morgan fingerprint density at radius 2 is 2.06 bits per heavy atom. The molecule has 1 aromatic carbocycles. The van der Waals surface area contributed by atoms with Crippen LogP contribution in [-0.4, -0.2) is 16.7 Å². The lowest BCUT2D eigenvalue weighted by molar-refractivity contribution is 0.415. The average Bonchev–Trinajstić information content (AvgIpc) is 2.80. The smallest absolute Gasteiger partial charge is 0.145 e. The van der Waals surface area contributed by atoms with Gasteiger partial charge in [0.25, 0.3) is 0 Å². The van der Waals surface area contributed by atoms with E-state index in [4.69, 9.17) is 4.74 Å². The van der Waals surface area contributed by atoms with Crippen molar-refractivity contribution in [1.29, 1.82) is 0 Å². The molecule has 0 radical (unpaired) electrons. The number of rotatable bonds is 2. The van der Waals surface area contributed by atoms with Crippen molar-refractivity contribution in [3.05, 3.63) is 48.8 Å². The van der Waals surface area contributed by atoms with E-state index < -0.39 is 0 Å². The molecule has 0 amide bonds. The van der Waals surface area contributed by atoms with E-state index in [2.05, 4.69) is 40.0 Å². The zero-order chi connectivity index (χ0) is 12.5. The van der Waals surface area contributed by atoms with Crippen molar-refractivity contribution in [1.82, 2.24) is 9.55 Å². The van der Waals surface area contributed by atoms with Crippen molar-refractivity contribution in [2.24, 2.45) is 7.05 Å². The molecule has 3 aromatic rings. The van der Waals surface area contributed by atoms with Gasteiger partial charge >= 0.3 is 0 Å². The number of aryl methyl sites for hydroxylation is 1. The Morgan fingerprint density at radius 3 is 2.89 bits per heavy atom. The van der Waals surface area contributed by atoms with E-state index in [1.165, 1.54) is 10.9 Å². The van der Waals surface area contributed by atoms with Gasteiger partial charge in [-0.05, 0) is 30.3 Å². The number of benzene rings is 1. The Balaban J connectivity index is 2.19. The van der Waals surface area contributed by atoms with Crippen LogP contribution in [0.4, 0.5) is 0 Å². The molecule has 0 fully saturated rings. The van der Waals surface area contributed by atoms with Crippen molar-refractivity contribution < 1.29 is 4.74 Å². The maximum absolute atomic E-state index is 5.35. The highest BCUT2D eigenvalue weighted by Crippen LogP contribution is 2.29. The minimum absolute atomic E-state index is 0.799. The standard InChI is InChI=1S/C15H14N2O/c1-17-9-7-11-10-12(5-6-13(11)17)15-14(18-2)4-3-8-16-15/h3-10H,1-2H3. The van der Waals surface area contributed by atoms with Crippen LogP contribution in [0.15, 0.2) is 48.8 Å². The van der Waals surface area contributed by atoms with Crippen LogP contribution in [-0.2, 0) is 7.05 Å². The maximum Gasteiger partial charge on any atom is 0.145 e. The minimum Gasteiger partial charge on any atom is -0.494 e. The number of fused-ring (bicyclic) bond motifs is 1. The Hall–Kier alpha value is -2.29. The summed E-state index contributed by atoms with van der Waals surface area (Å²) in [6.07, 6.45) is 3.84. The highest BCUT2D eigenvalue weighted by atomic mass is 16.5. The number of pyridine rings is 1. The summed E-state index contributed by atoms with van der Waals surface area (Å²) in [7, 11) is 3.71. The third kappa shape index (κ3) is 1.64. The summed E-state index contributed by atoms with van der Waals surface area (Å²) >= 11 is 0. The quantitative estimate of drug-likeness (QED) is 0.685. The highest BCUT2D eigenvalue weighted by molar-refractivity contribution is 5.85. The van der Waals surface area contributed by atoms with Crippen LogP contribution < -0.4 is 4.74 Å². The number of ether oxygens (including phenoxy) is 1. The van der Waals surface area contributed by atoms with Gasteiger partial charge in [-0.15, -0.1) is 0 Å². The third-order valence-electron chi connectivity index (χ3n) is 3.15. The van der Waals surface area contributed by atoms with Crippen LogP contribution in [0, 0.1) is 0 Å². The lowest BCUT2D eigenvalue weighted by Gasteiger charge is -2.07. The van der Waals surface area contributed by atoms with Crippen LogP contribution in [0.5, 0.6) is 5.75 Å². The summed E-state index contributed by atoms with van der Waals surface area (Å²) in [5, 5.41) is 1.21. The molecule has 3 nitrogen and oxygen atoms in total. The molecule has 0 aliphatic carbocycles. The van der Waals surface area contributed by atoms with Crippen LogP contribution in [0.2, 0.25) is 0 Å². The fraction of sp³-hybridized carbons (Fsp3) is 0.133. The lowest BCUT2D eigenvalue weighted by atomic mass is 10.1. The number of hydrogen-bond donors (Lipinski definition) is 0. The van der Waals surface area contributed by atoms with Gasteiger partial charge in [-0.1, -0.05) is 6.07 Å². The monoisotopic (exact) mass is 238 g/mol. The summed E-state index contributed by atoms with van der Waals surface area (Å²) in [6.45, 7) is 0. The lowest BCUT2D eigenvalue weighted by Crippen LogP contribution is -1.90. The van der Waals surface area contributed by atoms with E-state index >= 15 is 0 Å². The van der Waals surface area contributed by atoms with Gasteiger partial charge in [-0.3, -0.25) is 4.98 Å². The largest absolute Gasteiger partial charge is 0.494 e. The molecule has 0 saturated heterocycles. The molecule has 90 valence electrons. The van der Waals surface area contributed by atoms with Crippen molar-refractivity contribution in [3.8, 4) is 17.0 Å². The second-order valence-electron chi connectivity index (χ2n) is 4.25. The van der Waals surface area contributed by atoms with Crippen LogP contribution in [0.1, 0.15) is 0 Å². The van der Waals surface area contributed by atoms with Crippen LogP contribution in [0.25, 0.3) is 22.2 Å². The molecule has 0 bridgehead atoms. The molecule has 0 saturated carbocycles. The molecule has 3 rings (SSSR count). The first kappa shape index (κ1) is 10.8. The fourth-order valence-corrected chi connectivity index (χ4v) is 2.20. The predicted octanol–water partition coefficient (Wildman–Crippen LogP) is 3.25. The number of methoxy groups -OCH3 is 1. The van der Waals surface area contributed by atoms with Crippen molar-refractivity contribution in [2.75, 3.05) is 7.11 Å². The summed E-state index contributed by atoms with van der Waals surface area (Å²) in [5.74, 6) is 0.799. The first-order valence-electron chi connectivity index (χ1n) is 5.84. The second kappa shape index (κ2) is 4.18. The van der Waals surface area contributed by atoms with E-state index in [1.54, 1.807) is 13.3 Å². The number of hydrogen-bond acceptors (Lipinski definition) is 2. The molecule has 0 aliphatic heterocycles. The summed E-state index contributed by atoms with van der Waals surface area (Å²) in [6, 6.07) is 12.2. The Kier molecular flexibility index (Phi) is 2.52. The van der Waals surface area contributed by atoms with Gasteiger partial charge in [0.15, 0.2) is 0 Å². The topological polar surface area (TPSA) is 27.1 Å². The van der Waals surface area contributed by atoms with E-state index in [0.717, 1.165) is 17.0 Å². The van der Waals surface area contributed by atoms with E-state index in [9.17, 15) is 0 Å². The van der Waals surface area contributed by atoms with Crippen molar-refractivity contribution >= 4 is 10.9 Å². The molecule has 3 heteroatoms. The highest BCUT2D eigenvalue weighted by Gasteiger charge is 2.07. The Labute approximate surface area is 106 Å². The Morgan fingerprint density at radius 1 is 1.17 bits per heavy atom. The molecule has 2 heterocycles. The Bertz CT molecular complexity index is 701. The summed E-state index contributed by atoms with van der Waals surface area (Å²) in [5.41, 5.74) is 3.17. The average molecular weight is 238 g/mol. The van der Waals surface area contributed by atoms with E-state index in [1.807, 2.05) is 19.2 Å². The number of aromatic nitrogens is 2. The number of nitrogens with zero attached hydrogens (tertiary/aromatic N) is 2. The third-order valence-corrected chi connectivity index (χ3v) is 3.15. The van der Waals surface area contributed by atoms with Gasteiger partial charge in [-0.2, -0.15) is 0 Å². The zero-order valence-electron chi connectivity index (χ0n) is 10.4. The van der Waals surface area contributed by atoms with Gasteiger partial charge in [0.2, 0.25) is 0 Å². The van der Waals surface area contributed by atoms with Crippen molar-refractivity contribution in [2.45, 2.75) is 0 Å². The van der Waals surface area contributed by atoms with Crippen LogP contribution in [0.3, 0.4) is 0 Å². The van der Waals surface area contributed by atoms with Gasteiger partial charge in [-0.25, -0.2) is 0 Å². The molecule has 0 N–H and O–H groups in total. The van der Waals surface area contributed by atoms with Gasteiger partial charge in [0.05, 0.1) is 7.11 Å². The molecule has 0 atom stereocenters. The zero-order valence-corrected chi connectivity index (χ0v) is 10.4. The summed E-state index contributed by atoms with van der Waals surface area (Å²) in [4.78, 5) is 4.40. The van der Waals surface area contributed by atoms with Gasteiger partial charge < -0.3 is 9.30 Å². The molecule has 0 spiro atoms. The van der Waals surface area contributed by atoms with Crippen molar-refractivity contribution in [3.63, 3.8) is 0 Å². The first-order chi connectivity index (χ1) is 8.79. The fourth-order valence-electron chi connectivity index (χ4n) is 2.20. The van der Waals surface area contributed by atoms with Crippen LogP contribution >= 0.6 is 0 Å². The van der Waals surface area contributed by atoms with E-state index in [0.29, 0.717) is 0 Å². The van der Waals surface area contributed by atoms with E-state index in [-0.39, 0.29) is 0 Å². The molecular formula is C15H14N2O. The molecule has 18 heavy (non-hydrogen) atoms. The normalized spacial score (nSPS) is 10.8. The molecule has 2 aromatic heterocycles. The second-order valence-corrected chi connectivity index (χ2v) is 4.25. The predicted molar refractivity (Wildman–Crippen MR) is 72.7 cm³/mol. The SMILES string of the molecule is COc1cccnc1-c1ccc2c(ccn2C)c1. The van der Waals surface area contributed by atoms with Gasteiger partial charge in [0, 0.05) is 35.9 Å². The minimum atomic E-state index is 0.799. The molecular weight excluding hydrogens is 224 g/mol.